The van der Waals surface area contributed by atoms with Crippen molar-refractivity contribution >= 4 is 11.9 Å². The van der Waals surface area contributed by atoms with Crippen molar-refractivity contribution in [2.24, 2.45) is 11.3 Å². The van der Waals surface area contributed by atoms with Crippen molar-refractivity contribution in [3.8, 4) is 11.5 Å². The number of carbonyl (C=O) groups excluding carboxylic acids is 2. The molecule has 0 N–H and O–H groups in total. The fourth-order valence-electron chi connectivity index (χ4n) is 6.39. The van der Waals surface area contributed by atoms with Gasteiger partial charge in [-0.1, -0.05) is 18.2 Å². The fraction of sp³-hybridized carbons (Fsp3) is 0.643. The summed E-state index contributed by atoms with van der Waals surface area (Å²) < 4.78 is 24.0. The molecule has 7 nitrogen and oxygen atoms in total. The quantitative estimate of drug-likeness (QED) is 0.253. The lowest BCUT2D eigenvalue weighted by Crippen LogP contribution is -2.65. The van der Waals surface area contributed by atoms with Crippen LogP contribution in [0.25, 0.3) is 0 Å². The Kier molecular flexibility index (Phi) is 6.20. The van der Waals surface area contributed by atoms with Gasteiger partial charge in [-0.25, -0.2) is 0 Å². The van der Waals surface area contributed by atoms with E-state index in [2.05, 4.69) is 30.2 Å². The van der Waals surface area contributed by atoms with Crippen LogP contribution in [0, 0.1) is 11.3 Å². The third kappa shape index (κ3) is 4.06. The lowest BCUT2D eigenvalue weighted by molar-refractivity contribution is -0.153. The number of unbranched alkanes of at least 4 members (excludes halogenated alkanes) is 1. The molecule has 1 fully saturated rings. The van der Waals surface area contributed by atoms with E-state index in [1.165, 1.54) is 18.1 Å². The smallest absolute Gasteiger partial charge is 0.311 e. The zero-order valence-corrected chi connectivity index (χ0v) is 21.5. The Labute approximate surface area is 207 Å². The lowest BCUT2D eigenvalue weighted by atomic mass is 9.53. The monoisotopic (exact) mass is 483 g/mol. The standard InChI is InChI=1S/C28H37NO6/c1-17(30)34-21-10-8-18-16-20-19-9-11-22(32-14-6-7-15-33-26(31)27(2,3)4)25-28(19,12-13-29(20)5)23(18)24(21)35-25/h8-11,19-20,22,25H,6-7,12-16H2,1-5H3/t19-,20+,22?,25?,28-/m0/s1. The molecule has 7 heteroatoms. The molecule has 5 atom stereocenters. The highest BCUT2D eigenvalue weighted by Crippen LogP contribution is 2.62. The van der Waals surface area contributed by atoms with Crippen molar-refractivity contribution in [2.75, 3.05) is 26.8 Å². The minimum Gasteiger partial charge on any atom is -0.482 e. The van der Waals surface area contributed by atoms with Crippen molar-refractivity contribution in [1.29, 1.82) is 0 Å². The molecule has 1 aromatic carbocycles. The van der Waals surface area contributed by atoms with Gasteiger partial charge in [-0.2, -0.15) is 0 Å². The van der Waals surface area contributed by atoms with Gasteiger partial charge in [0.25, 0.3) is 0 Å². The molecule has 0 amide bonds. The Balaban J connectivity index is 1.33. The Hall–Kier alpha value is -2.38. The second-order valence-corrected chi connectivity index (χ2v) is 11.4. The summed E-state index contributed by atoms with van der Waals surface area (Å²) in [5.74, 6) is 1.05. The number of likely N-dealkylation sites (tertiary alicyclic amines) is 1. The van der Waals surface area contributed by atoms with E-state index >= 15 is 0 Å². The molecule has 2 aliphatic heterocycles. The molecule has 35 heavy (non-hydrogen) atoms. The molecule has 1 saturated heterocycles. The summed E-state index contributed by atoms with van der Waals surface area (Å²) >= 11 is 0. The Morgan fingerprint density at radius 1 is 1.17 bits per heavy atom. The van der Waals surface area contributed by atoms with E-state index in [0.717, 1.165) is 38.0 Å². The van der Waals surface area contributed by atoms with Crippen LogP contribution in [0.15, 0.2) is 24.3 Å². The van der Waals surface area contributed by atoms with Gasteiger partial charge in [0.1, 0.15) is 12.2 Å². The molecule has 0 aromatic heterocycles. The number of likely N-dealkylation sites (N-methyl/N-ethyl adjacent to an activating group) is 1. The minimum atomic E-state index is -0.482. The van der Waals surface area contributed by atoms with Gasteiger partial charge in [-0.15, -0.1) is 0 Å². The SMILES string of the molecule is CC(=O)Oc1ccc2c3c1OC1C(OCCCCOC(=O)C(C)(C)C)C=C[C@H]4[C@@H](C2)N(C)CC[C@]314. The summed E-state index contributed by atoms with van der Waals surface area (Å²) in [6, 6.07) is 4.41. The van der Waals surface area contributed by atoms with E-state index in [-0.39, 0.29) is 29.6 Å². The normalized spacial score (nSPS) is 30.4. The average Bonchev–Trinajstić information content (AvgIpc) is 3.14. The molecule has 2 heterocycles. The largest absolute Gasteiger partial charge is 0.482 e. The maximum absolute atomic E-state index is 11.9. The Morgan fingerprint density at radius 2 is 1.94 bits per heavy atom. The van der Waals surface area contributed by atoms with Gasteiger partial charge < -0.3 is 23.8 Å². The number of ether oxygens (including phenoxy) is 4. The van der Waals surface area contributed by atoms with Gasteiger partial charge in [-0.3, -0.25) is 9.59 Å². The highest BCUT2D eigenvalue weighted by Gasteiger charge is 2.64. The van der Waals surface area contributed by atoms with Crippen LogP contribution in [-0.4, -0.2) is 61.9 Å². The Bertz CT molecular complexity index is 1040. The van der Waals surface area contributed by atoms with Crippen molar-refractivity contribution in [1.82, 2.24) is 4.90 Å². The number of hydrogen-bond donors (Lipinski definition) is 0. The van der Waals surface area contributed by atoms with Gasteiger partial charge in [0.2, 0.25) is 0 Å². The number of carbonyl (C=O) groups is 2. The van der Waals surface area contributed by atoms with Gasteiger partial charge >= 0.3 is 11.9 Å². The summed E-state index contributed by atoms with van der Waals surface area (Å²) in [5, 5.41) is 0. The first-order chi connectivity index (χ1) is 16.6. The highest BCUT2D eigenvalue weighted by molar-refractivity contribution is 5.75. The molecule has 2 bridgehead atoms. The van der Waals surface area contributed by atoms with E-state index in [4.69, 9.17) is 18.9 Å². The fourth-order valence-corrected chi connectivity index (χ4v) is 6.39. The first kappa shape index (κ1) is 24.3. The number of rotatable bonds is 7. The molecule has 4 aliphatic rings. The summed E-state index contributed by atoms with van der Waals surface area (Å²) in [6.45, 7) is 8.96. The molecule has 2 aliphatic carbocycles. The molecular formula is C28H37NO6. The summed E-state index contributed by atoms with van der Waals surface area (Å²) in [7, 11) is 2.21. The molecule has 0 radical (unpaired) electrons. The number of esters is 2. The first-order valence-electron chi connectivity index (χ1n) is 12.8. The van der Waals surface area contributed by atoms with Gasteiger partial charge in [0, 0.05) is 36.5 Å². The third-order valence-corrected chi connectivity index (χ3v) is 8.06. The van der Waals surface area contributed by atoms with Crippen molar-refractivity contribution in [3.05, 3.63) is 35.4 Å². The molecule has 1 aromatic rings. The van der Waals surface area contributed by atoms with Crippen LogP contribution in [0.3, 0.4) is 0 Å². The van der Waals surface area contributed by atoms with Crippen LogP contribution >= 0.6 is 0 Å². The molecule has 2 unspecified atom stereocenters. The molecule has 5 rings (SSSR count). The zero-order chi connectivity index (χ0) is 25.0. The predicted octanol–water partition coefficient (Wildman–Crippen LogP) is 3.81. The maximum Gasteiger partial charge on any atom is 0.311 e. The number of hydrogen-bond acceptors (Lipinski definition) is 7. The average molecular weight is 484 g/mol. The van der Waals surface area contributed by atoms with Gasteiger partial charge in [0.15, 0.2) is 11.5 Å². The summed E-state index contributed by atoms with van der Waals surface area (Å²) in [6.07, 6.45) is 7.66. The van der Waals surface area contributed by atoms with Crippen molar-refractivity contribution in [3.63, 3.8) is 0 Å². The maximum atomic E-state index is 11.9. The number of nitrogens with zero attached hydrogens (tertiary/aromatic N) is 1. The van der Waals surface area contributed by atoms with Gasteiger partial charge in [-0.05, 0) is 71.7 Å². The summed E-state index contributed by atoms with van der Waals surface area (Å²) in [5.41, 5.74) is 1.87. The van der Waals surface area contributed by atoms with Crippen LogP contribution in [-0.2, 0) is 30.9 Å². The van der Waals surface area contributed by atoms with Crippen LogP contribution in [0.1, 0.15) is 58.1 Å². The van der Waals surface area contributed by atoms with Crippen molar-refractivity contribution < 1.29 is 28.5 Å². The highest BCUT2D eigenvalue weighted by atomic mass is 16.6. The molecule has 1 spiro atoms. The molecule has 0 saturated carbocycles. The topological polar surface area (TPSA) is 74.3 Å². The lowest BCUT2D eigenvalue weighted by Gasteiger charge is -2.56. The van der Waals surface area contributed by atoms with Crippen molar-refractivity contribution in [2.45, 2.75) is 77.0 Å². The van der Waals surface area contributed by atoms with Crippen LogP contribution < -0.4 is 9.47 Å². The zero-order valence-electron chi connectivity index (χ0n) is 21.5. The summed E-state index contributed by atoms with van der Waals surface area (Å²) in [4.78, 5) is 26.2. The second kappa shape index (κ2) is 8.93. The minimum absolute atomic E-state index is 0.154. The molecule has 190 valence electrons. The third-order valence-electron chi connectivity index (χ3n) is 8.06. The first-order valence-corrected chi connectivity index (χ1v) is 12.8. The van der Waals surface area contributed by atoms with E-state index in [9.17, 15) is 9.59 Å². The second-order valence-electron chi connectivity index (χ2n) is 11.4. The van der Waals surface area contributed by atoms with E-state index in [1.54, 1.807) is 0 Å². The van der Waals surface area contributed by atoms with Crippen LogP contribution in [0.2, 0.25) is 0 Å². The predicted molar refractivity (Wildman–Crippen MR) is 131 cm³/mol. The van der Waals surface area contributed by atoms with E-state index in [1.807, 2.05) is 26.8 Å². The van der Waals surface area contributed by atoms with Crippen LogP contribution in [0.4, 0.5) is 0 Å². The Morgan fingerprint density at radius 3 is 2.69 bits per heavy atom. The van der Waals surface area contributed by atoms with Crippen LogP contribution in [0.5, 0.6) is 11.5 Å². The number of benzene rings is 1. The number of piperidine rings is 1. The van der Waals surface area contributed by atoms with E-state index < -0.39 is 5.41 Å². The molecular weight excluding hydrogens is 446 g/mol. The van der Waals surface area contributed by atoms with E-state index in [0.29, 0.717) is 30.9 Å². The van der Waals surface area contributed by atoms with Gasteiger partial charge in [0.05, 0.1) is 12.0 Å².